The molecule has 4 heteroatoms. The van der Waals surface area contributed by atoms with Gasteiger partial charge in [0.25, 0.3) is 0 Å². The molecule has 0 aliphatic heterocycles. The molecule has 0 fully saturated rings. The fourth-order valence-electron chi connectivity index (χ4n) is 1.17. The van der Waals surface area contributed by atoms with E-state index in [1.54, 1.807) is 6.20 Å². The minimum absolute atomic E-state index is 0.0350. The van der Waals surface area contributed by atoms with Gasteiger partial charge in [-0.25, -0.2) is 0 Å². The van der Waals surface area contributed by atoms with Crippen molar-refractivity contribution in [2.75, 3.05) is 25.1 Å². The highest BCUT2D eigenvalue weighted by atomic mass is 16.3. The largest absolute Gasteiger partial charge is 0.395 e. The van der Waals surface area contributed by atoms with Crippen LogP contribution in [-0.4, -0.2) is 30.3 Å². The second kappa shape index (κ2) is 4.93. The van der Waals surface area contributed by atoms with E-state index in [1.807, 2.05) is 31.0 Å². The van der Waals surface area contributed by atoms with Crippen molar-refractivity contribution in [3.8, 4) is 0 Å². The molecule has 0 spiro atoms. The summed E-state index contributed by atoms with van der Waals surface area (Å²) in [5.74, 6) is 0. The summed E-state index contributed by atoms with van der Waals surface area (Å²) >= 11 is 0. The maximum atomic E-state index is 8.76. The molecule has 1 aromatic rings. The molecule has 1 aromatic heterocycles. The number of anilines is 1. The SMILES string of the molecule is CC(N)c1ccc(N(C)CCO)cn1. The Labute approximate surface area is 84.4 Å². The van der Waals surface area contributed by atoms with Gasteiger partial charge in [0.1, 0.15) is 0 Å². The smallest absolute Gasteiger partial charge is 0.0606 e. The molecule has 4 nitrogen and oxygen atoms in total. The van der Waals surface area contributed by atoms with Crippen LogP contribution in [0.2, 0.25) is 0 Å². The third-order valence-electron chi connectivity index (χ3n) is 2.11. The molecule has 0 amide bonds. The molecule has 0 aliphatic carbocycles. The number of aliphatic hydroxyl groups excluding tert-OH is 1. The van der Waals surface area contributed by atoms with Crippen LogP contribution < -0.4 is 10.6 Å². The number of hydrogen-bond donors (Lipinski definition) is 2. The summed E-state index contributed by atoms with van der Waals surface area (Å²) in [6.07, 6.45) is 1.77. The number of rotatable bonds is 4. The van der Waals surface area contributed by atoms with Gasteiger partial charge < -0.3 is 15.7 Å². The second-order valence-electron chi connectivity index (χ2n) is 3.38. The third-order valence-corrected chi connectivity index (χ3v) is 2.11. The maximum absolute atomic E-state index is 8.76. The van der Waals surface area contributed by atoms with Crippen LogP contribution in [0.4, 0.5) is 5.69 Å². The molecule has 1 heterocycles. The summed E-state index contributed by atoms with van der Waals surface area (Å²) in [6.45, 7) is 2.66. The molecule has 0 bridgehead atoms. The minimum Gasteiger partial charge on any atom is -0.395 e. The Bertz CT molecular complexity index is 271. The van der Waals surface area contributed by atoms with Crippen molar-refractivity contribution in [3.63, 3.8) is 0 Å². The number of aliphatic hydroxyl groups is 1. The minimum atomic E-state index is -0.0350. The first-order valence-electron chi connectivity index (χ1n) is 4.68. The molecular formula is C10H17N3O. The Hall–Kier alpha value is -1.13. The van der Waals surface area contributed by atoms with Gasteiger partial charge in [-0.3, -0.25) is 4.98 Å². The van der Waals surface area contributed by atoms with Crippen LogP contribution in [0.15, 0.2) is 18.3 Å². The Morgan fingerprint density at radius 3 is 2.71 bits per heavy atom. The molecule has 1 atom stereocenters. The fourth-order valence-corrected chi connectivity index (χ4v) is 1.17. The van der Waals surface area contributed by atoms with Crippen LogP contribution >= 0.6 is 0 Å². The van der Waals surface area contributed by atoms with Crippen molar-refractivity contribution >= 4 is 5.69 Å². The van der Waals surface area contributed by atoms with E-state index in [0.717, 1.165) is 11.4 Å². The van der Waals surface area contributed by atoms with Gasteiger partial charge in [0.2, 0.25) is 0 Å². The van der Waals surface area contributed by atoms with Crippen molar-refractivity contribution in [1.82, 2.24) is 4.98 Å². The summed E-state index contributed by atoms with van der Waals surface area (Å²) in [4.78, 5) is 6.18. The Balaban J connectivity index is 2.72. The third kappa shape index (κ3) is 2.68. The van der Waals surface area contributed by atoms with Gasteiger partial charge >= 0.3 is 0 Å². The monoisotopic (exact) mass is 195 g/mol. The molecule has 1 unspecified atom stereocenters. The molecule has 1 rings (SSSR count). The second-order valence-corrected chi connectivity index (χ2v) is 3.38. The van der Waals surface area contributed by atoms with Gasteiger partial charge in [0.05, 0.1) is 24.2 Å². The van der Waals surface area contributed by atoms with E-state index >= 15 is 0 Å². The molecule has 78 valence electrons. The van der Waals surface area contributed by atoms with E-state index in [1.165, 1.54) is 0 Å². The fraction of sp³-hybridized carbons (Fsp3) is 0.500. The number of hydrogen-bond acceptors (Lipinski definition) is 4. The van der Waals surface area contributed by atoms with Gasteiger partial charge in [-0.2, -0.15) is 0 Å². The van der Waals surface area contributed by atoms with Crippen molar-refractivity contribution in [1.29, 1.82) is 0 Å². The van der Waals surface area contributed by atoms with E-state index in [0.29, 0.717) is 6.54 Å². The number of likely N-dealkylation sites (N-methyl/N-ethyl adjacent to an activating group) is 1. The van der Waals surface area contributed by atoms with Gasteiger partial charge in [-0.15, -0.1) is 0 Å². The average molecular weight is 195 g/mol. The molecule has 0 aromatic carbocycles. The van der Waals surface area contributed by atoms with E-state index in [-0.39, 0.29) is 12.6 Å². The summed E-state index contributed by atoms with van der Waals surface area (Å²) < 4.78 is 0. The molecule has 0 saturated heterocycles. The van der Waals surface area contributed by atoms with E-state index in [2.05, 4.69) is 4.98 Å². The number of pyridine rings is 1. The Morgan fingerprint density at radius 1 is 1.57 bits per heavy atom. The lowest BCUT2D eigenvalue weighted by Gasteiger charge is -2.17. The number of aromatic nitrogens is 1. The van der Waals surface area contributed by atoms with Crippen LogP contribution in [0.25, 0.3) is 0 Å². The lowest BCUT2D eigenvalue weighted by Crippen LogP contribution is -2.21. The quantitative estimate of drug-likeness (QED) is 0.735. The summed E-state index contributed by atoms with van der Waals surface area (Å²) in [5.41, 5.74) is 7.55. The molecule has 0 saturated carbocycles. The van der Waals surface area contributed by atoms with Crippen LogP contribution in [0.1, 0.15) is 18.7 Å². The Kier molecular flexibility index (Phi) is 3.85. The van der Waals surface area contributed by atoms with E-state index in [9.17, 15) is 0 Å². The van der Waals surface area contributed by atoms with Crippen molar-refractivity contribution in [2.45, 2.75) is 13.0 Å². The molecule has 3 N–H and O–H groups in total. The predicted octanol–water partition coefficient (Wildman–Crippen LogP) is 0.530. The first-order chi connectivity index (χ1) is 6.65. The first-order valence-corrected chi connectivity index (χ1v) is 4.68. The van der Waals surface area contributed by atoms with Crippen LogP contribution in [0.3, 0.4) is 0 Å². The molecule has 0 radical (unpaired) electrons. The van der Waals surface area contributed by atoms with Crippen molar-refractivity contribution in [3.05, 3.63) is 24.0 Å². The zero-order chi connectivity index (χ0) is 10.6. The summed E-state index contributed by atoms with van der Waals surface area (Å²) in [5, 5.41) is 8.76. The Morgan fingerprint density at radius 2 is 2.29 bits per heavy atom. The average Bonchev–Trinajstić information content (AvgIpc) is 2.18. The van der Waals surface area contributed by atoms with Crippen molar-refractivity contribution in [2.24, 2.45) is 5.73 Å². The molecule has 0 aliphatic rings. The maximum Gasteiger partial charge on any atom is 0.0606 e. The van der Waals surface area contributed by atoms with Gasteiger partial charge in [0.15, 0.2) is 0 Å². The van der Waals surface area contributed by atoms with Crippen molar-refractivity contribution < 1.29 is 5.11 Å². The highest BCUT2D eigenvalue weighted by molar-refractivity contribution is 5.43. The standard InChI is InChI=1S/C10H17N3O/c1-8(11)10-4-3-9(7-12-10)13(2)5-6-14/h3-4,7-8,14H,5-6,11H2,1-2H3. The van der Waals surface area contributed by atoms with Crippen LogP contribution in [-0.2, 0) is 0 Å². The zero-order valence-electron chi connectivity index (χ0n) is 8.64. The topological polar surface area (TPSA) is 62.4 Å². The molecule has 14 heavy (non-hydrogen) atoms. The lowest BCUT2D eigenvalue weighted by atomic mass is 10.2. The lowest BCUT2D eigenvalue weighted by molar-refractivity contribution is 0.304. The van der Waals surface area contributed by atoms with Crippen LogP contribution in [0.5, 0.6) is 0 Å². The summed E-state index contributed by atoms with van der Waals surface area (Å²) in [7, 11) is 1.92. The first kappa shape index (κ1) is 10.9. The van der Waals surface area contributed by atoms with E-state index in [4.69, 9.17) is 10.8 Å². The van der Waals surface area contributed by atoms with Gasteiger partial charge in [-0.1, -0.05) is 0 Å². The zero-order valence-corrected chi connectivity index (χ0v) is 8.64. The van der Waals surface area contributed by atoms with Crippen LogP contribution in [0, 0.1) is 0 Å². The summed E-state index contributed by atoms with van der Waals surface area (Å²) in [6, 6.07) is 3.84. The highest BCUT2D eigenvalue weighted by Crippen LogP contribution is 2.13. The van der Waals surface area contributed by atoms with Gasteiger partial charge in [0, 0.05) is 19.6 Å². The normalized spacial score (nSPS) is 12.6. The van der Waals surface area contributed by atoms with E-state index < -0.39 is 0 Å². The van der Waals surface area contributed by atoms with Gasteiger partial charge in [-0.05, 0) is 19.1 Å². The predicted molar refractivity (Wildman–Crippen MR) is 57.2 cm³/mol. The highest BCUT2D eigenvalue weighted by Gasteiger charge is 2.03. The number of nitrogens with two attached hydrogens (primary N) is 1. The molecular weight excluding hydrogens is 178 g/mol. The number of nitrogens with zero attached hydrogens (tertiary/aromatic N) is 2.